The molecular formula is C7H5CaO6P. The molecule has 6 nitrogen and oxygen atoms in total. The monoisotopic (exact) mass is 256 g/mol. The fraction of sp³-hybridized carbons (Fsp3) is 0. The zero-order valence-corrected chi connectivity index (χ0v) is 10.6. The minimum atomic E-state index is -5.07. The van der Waals surface area contributed by atoms with Crippen LogP contribution in [0.1, 0.15) is 10.4 Å². The number of carboxylic acids is 1. The molecule has 0 saturated carbocycles. The third kappa shape index (κ3) is 5.51. The zero-order valence-electron chi connectivity index (χ0n) is 7.45. The van der Waals surface area contributed by atoms with Crippen molar-refractivity contribution < 1.29 is 28.8 Å². The summed E-state index contributed by atoms with van der Waals surface area (Å²) in [5.74, 6) is -1.35. The SMILES string of the molecule is O=C(O)c1ccc(OP(=O)([O-])[O-])cc1.[Ca+2]. The van der Waals surface area contributed by atoms with Gasteiger partial charge in [0.1, 0.15) is 13.6 Å². The first-order chi connectivity index (χ1) is 6.38. The Labute approximate surface area is 115 Å². The van der Waals surface area contributed by atoms with Gasteiger partial charge in [-0.05, 0) is 24.3 Å². The molecule has 0 aliphatic heterocycles. The van der Waals surface area contributed by atoms with Crippen LogP contribution in [-0.4, -0.2) is 48.8 Å². The van der Waals surface area contributed by atoms with Crippen molar-refractivity contribution in [3.8, 4) is 5.75 Å². The predicted octanol–water partition coefficient (Wildman–Crippen LogP) is -0.789. The van der Waals surface area contributed by atoms with Gasteiger partial charge in [0.2, 0.25) is 0 Å². The van der Waals surface area contributed by atoms with Crippen LogP contribution in [0.15, 0.2) is 24.3 Å². The van der Waals surface area contributed by atoms with Gasteiger partial charge in [0.25, 0.3) is 0 Å². The molecule has 0 bridgehead atoms. The van der Waals surface area contributed by atoms with E-state index < -0.39 is 13.8 Å². The number of benzene rings is 1. The van der Waals surface area contributed by atoms with Crippen LogP contribution >= 0.6 is 7.82 Å². The molecule has 0 aliphatic rings. The number of phosphoric ester groups is 1. The van der Waals surface area contributed by atoms with Gasteiger partial charge in [-0.2, -0.15) is 0 Å². The normalized spacial score (nSPS) is 10.3. The summed E-state index contributed by atoms with van der Waals surface area (Å²) in [6.07, 6.45) is 0. The number of carbonyl (C=O) groups is 1. The molecule has 8 heteroatoms. The average Bonchev–Trinajstić information content (AvgIpc) is 2.02. The first kappa shape index (κ1) is 14.9. The van der Waals surface area contributed by atoms with Gasteiger partial charge < -0.3 is 24.0 Å². The van der Waals surface area contributed by atoms with Crippen LogP contribution in [0.2, 0.25) is 0 Å². The van der Waals surface area contributed by atoms with Crippen LogP contribution in [0.3, 0.4) is 0 Å². The van der Waals surface area contributed by atoms with E-state index in [1.807, 2.05) is 0 Å². The Morgan fingerprint density at radius 3 is 2.07 bits per heavy atom. The van der Waals surface area contributed by atoms with Crippen LogP contribution in [0.25, 0.3) is 0 Å². The van der Waals surface area contributed by atoms with Crippen molar-refractivity contribution in [2.24, 2.45) is 0 Å². The third-order valence-corrected chi connectivity index (χ3v) is 1.75. The summed E-state index contributed by atoms with van der Waals surface area (Å²) in [5.41, 5.74) is -0.0241. The first-order valence-corrected chi connectivity index (χ1v) is 4.89. The molecule has 1 rings (SSSR count). The summed E-state index contributed by atoms with van der Waals surface area (Å²) in [6.45, 7) is 0. The van der Waals surface area contributed by atoms with Gasteiger partial charge in [0, 0.05) is 0 Å². The third-order valence-electron chi connectivity index (χ3n) is 1.32. The number of aromatic carboxylic acids is 1. The van der Waals surface area contributed by atoms with Crippen LogP contribution < -0.4 is 14.3 Å². The Hall–Kier alpha value is -0.100. The van der Waals surface area contributed by atoms with Gasteiger partial charge >= 0.3 is 43.7 Å². The Kier molecular flexibility index (Phi) is 5.80. The molecule has 15 heavy (non-hydrogen) atoms. The maximum Gasteiger partial charge on any atom is 2.00 e. The number of rotatable bonds is 3. The van der Waals surface area contributed by atoms with Gasteiger partial charge in [-0.3, -0.25) is 0 Å². The minimum absolute atomic E-state index is 0. The van der Waals surface area contributed by atoms with E-state index in [1.54, 1.807) is 0 Å². The summed E-state index contributed by atoms with van der Waals surface area (Å²) in [6, 6.07) is 4.44. The molecule has 0 radical (unpaired) electrons. The van der Waals surface area contributed by atoms with E-state index in [9.17, 15) is 19.1 Å². The van der Waals surface area contributed by atoms with Crippen molar-refractivity contribution in [1.82, 2.24) is 0 Å². The fourth-order valence-corrected chi connectivity index (χ4v) is 1.17. The molecule has 76 valence electrons. The standard InChI is InChI=1S/C7H7O6P.Ca/c8-7(9)5-1-3-6(4-2-5)13-14(10,11)12;/h1-4H,(H,8,9)(H2,10,11,12);/q;+2/p-2. The largest absolute Gasteiger partial charge is 2.00 e. The van der Waals surface area contributed by atoms with Crippen molar-refractivity contribution in [1.29, 1.82) is 0 Å². The molecule has 0 aromatic heterocycles. The van der Waals surface area contributed by atoms with Crippen molar-refractivity contribution >= 4 is 51.5 Å². The molecule has 0 aliphatic carbocycles. The minimum Gasteiger partial charge on any atom is -0.780 e. The predicted molar refractivity (Wildman–Crippen MR) is 47.4 cm³/mol. The second-order valence-corrected chi connectivity index (χ2v) is 3.45. The molecule has 0 unspecified atom stereocenters. The van der Waals surface area contributed by atoms with Crippen LogP contribution in [0.5, 0.6) is 5.75 Å². The second-order valence-electron chi connectivity index (χ2n) is 2.37. The first-order valence-electron chi connectivity index (χ1n) is 3.43. The Morgan fingerprint density at radius 2 is 1.73 bits per heavy atom. The van der Waals surface area contributed by atoms with Crippen molar-refractivity contribution in [3.63, 3.8) is 0 Å². The van der Waals surface area contributed by atoms with E-state index in [0.29, 0.717) is 0 Å². The van der Waals surface area contributed by atoms with Crippen LogP contribution in [-0.2, 0) is 4.57 Å². The number of carboxylic acid groups (broad SMARTS) is 1. The molecule has 1 aromatic rings. The average molecular weight is 256 g/mol. The van der Waals surface area contributed by atoms with Gasteiger partial charge in [-0.15, -0.1) is 0 Å². The van der Waals surface area contributed by atoms with Crippen LogP contribution in [0.4, 0.5) is 0 Å². The molecule has 0 atom stereocenters. The van der Waals surface area contributed by atoms with E-state index in [-0.39, 0.29) is 49.1 Å². The van der Waals surface area contributed by atoms with Crippen molar-refractivity contribution in [2.75, 3.05) is 0 Å². The molecule has 0 amide bonds. The van der Waals surface area contributed by atoms with E-state index in [0.717, 1.165) is 24.3 Å². The molecule has 0 saturated heterocycles. The summed E-state index contributed by atoms with van der Waals surface area (Å²) < 4.78 is 14.1. The molecule has 1 N–H and O–H groups in total. The van der Waals surface area contributed by atoms with E-state index >= 15 is 0 Å². The van der Waals surface area contributed by atoms with E-state index in [2.05, 4.69) is 4.52 Å². The molecule has 0 heterocycles. The Balaban J connectivity index is 0.00000196. The summed E-state index contributed by atoms with van der Waals surface area (Å²) in [4.78, 5) is 30.7. The van der Waals surface area contributed by atoms with Gasteiger partial charge in [0.05, 0.1) is 5.56 Å². The van der Waals surface area contributed by atoms with Crippen molar-refractivity contribution in [3.05, 3.63) is 29.8 Å². The maximum atomic E-state index is 10.4. The van der Waals surface area contributed by atoms with E-state index in [1.165, 1.54) is 0 Å². The topological polar surface area (TPSA) is 110 Å². The smallest absolute Gasteiger partial charge is 0.780 e. The Morgan fingerprint density at radius 1 is 1.27 bits per heavy atom. The molecule has 0 fully saturated rings. The van der Waals surface area contributed by atoms with E-state index in [4.69, 9.17) is 5.11 Å². The van der Waals surface area contributed by atoms with Gasteiger partial charge in [0.15, 0.2) is 0 Å². The summed E-state index contributed by atoms with van der Waals surface area (Å²) in [7, 11) is -5.07. The second kappa shape index (κ2) is 5.84. The zero-order chi connectivity index (χ0) is 10.8. The maximum absolute atomic E-state index is 10.4. The fourth-order valence-electron chi connectivity index (χ4n) is 0.787. The van der Waals surface area contributed by atoms with Gasteiger partial charge in [-0.25, -0.2) is 4.79 Å². The quantitative estimate of drug-likeness (QED) is 0.560. The van der Waals surface area contributed by atoms with Crippen molar-refractivity contribution in [2.45, 2.75) is 0 Å². The molecule has 1 aromatic carbocycles. The number of phosphoric acid groups is 1. The van der Waals surface area contributed by atoms with Crippen LogP contribution in [0, 0.1) is 0 Å². The summed E-state index contributed by atoms with van der Waals surface area (Å²) in [5, 5.41) is 8.49. The number of hydrogen-bond acceptors (Lipinski definition) is 5. The summed E-state index contributed by atoms with van der Waals surface area (Å²) >= 11 is 0. The number of hydrogen-bond donors (Lipinski definition) is 1. The molecule has 0 spiro atoms. The molecular weight excluding hydrogens is 251 g/mol. The van der Waals surface area contributed by atoms with Gasteiger partial charge in [-0.1, -0.05) is 0 Å². The Bertz CT molecular complexity index is 383.